The van der Waals surface area contributed by atoms with Crippen molar-refractivity contribution in [3.63, 3.8) is 0 Å². The molecule has 0 aromatic carbocycles. The third-order valence-corrected chi connectivity index (χ3v) is 10.2. The van der Waals surface area contributed by atoms with Gasteiger partial charge < -0.3 is 19.7 Å². The molecular formula is C18H30N4O5Si. The Hall–Kier alpha value is -2.20. The summed E-state index contributed by atoms with van der Waals surface area (Å²) < 4.78 is 6.34. The lowest BCUT2D eigenvalue weighted by Gasteiger charge is -2.41. The summed E-state index contributed by atoms with van der Waals surface area (Å²) in [6.07, 6.45) is 2.28. The smallest absolute Gasteiger partial charge is 0.404 e. The zero-order valence-electron chi connectivity index (χ0n) is 17.1. The number of aromatic nitrogens is 1. The number of carboxylic acid groups (broad SMARTS) is 1. The minimum Gasteiger partial charge on any atom is -0.465 e. The van der Waals surface area contributed by atoms with E-state index in [1.54, 1.807) is 6.07 Å². The molecule has 2 rings (SSSR count). The van der Waals surface area contributed by atoms with Crippen LogP contribution in [-0.4, -0.2) is 55.2 Å². The second kappa shape index (κ2) is 8.44. The van der Waals surface area contributed by atoms with Crippen LogP contribution in [0.25, 0.3) is 0 Å². The molecule has 2 heterocycles. The third-order valence-electron chi connectivity index (χ3n) is 5.67. The van der Waals surface area contributed by atoms with Gasteiger partial charge in [-0.15, -0.1) is 0 Å². The van der Waals surface area contributed by atoms with Gasteiger partial charge in [0.15, 0.2) is 8.32 Å². The summed E-state index contributed by atoms with van der Waals surface area (Å²) in [6.45, 7) is 12.3. The van der Waals surface area contributed by atoms with E-state index in [1.165, 1.54) is 12.4 Å². The summed E-state index contributed by atoms with van der Waals surface area (Å²) in [6, 6.07) is 1.28. The average molecular weight is 411 g/mol. The maximum Gasteiger partial charge on any atom is 0.404 e. The van der Waals surface area contributed by atoms with Crippen molar-refractivity contribution in [3.8, 4) is 0 Å². The van der Waals surface area contributed by atoms with Gasteiger partial charge in [0, 0.05) is 31.8 Å². The number of amides is 1. The molecule has 1 aromatic rings. The van der Waals surface area contributed by atoms with Gasteiger partial charge in [0.25, 0.3) is 0 Å². The molecule has 10 heteroatoms. The largest absolute Gasteiger partial charge is 0.465 e. The van der Waals surface area contributed by atoms with E-state index in [-0.39, 0.29) is 22.7 Å². The van der Waals surface area contributed by atoms with Crippen molar-refractivity contribution in [3.05, 3.63) is 28.6 Å². The molecule has 156 valence electrons. The van der Waals surface area contributed by atoms with Gasteiger partial charge in [-0.25, -0.2) is 4.79 Å². The van der Waals surface area contributed by atoms with E-state index in [0.717, 1.165) is 0 Å². The number of hydrogen-bond donors (Lipinski definition) is 2. The minimum atomic E-state index is -1.95. The Labute approximate surface area is 166 Å². The predicted molar refractivity (Wildman–Crippen MR) is 109 cm³/mol. The Morgan fingerprint density at radius 1 is 1.46 bits per heavy atom. The van der Waals surface area contributed by atoms with Gasteiger partial charge in [-0.05, 0) is 30.6 Å². The molecule has 1 aliphatic rings. The second-order valence-electron chi connectivity index (χ2n) is 8.85. The molecule has 2 unspecified atom stereocenters. The van der Waals surface area contributed by atoms with E-state index in [9.17, 15) is 14.9 Å². The minimum absolute atomic E-state index is 0.0625. The quantitative estimate of drug-likeness (QED) is 0.419. The summed E-state index contributed by atoms with van der Waals surface area (Å²) in [5, 5.41) is 23.1. The number of piperidine rings is 1. The zero-order valence-corrected chi connectivity index (χ0v) is 18.1. The molecular weight excluding hydrogens is 380 g/mol. The van der Waals surface area contributed by atoms with Gasteiger partial charge >= 0.3 is 11.8 Å². The Morgan fingerprint density at radius 2 is 2.14 bits per heavy atom. The van der Waals surface area contributed by atoms with Crippen LogP contribution < -0.4 is 10.2 Å². The lowest BCUT2D eigenvalue weighted by Crippen LogP contribution is -2.52. The van der Waals surface area contributed by atoms with Crippen LogP contribution in [0.15, 0.2) is 18.5 Å². The van der Waals surface area contributed by atoms with Gasteiger partial charge in [-0.1, -0.05) is 20.8 Å². The Balaban J connectivity index is 2.21. The SMILES string of the molecule is CC(C)(C)[Si](C)(C)OCC1CC(NC(=O)O)CN(c2ccncc2[N+](=O)[O-])C1. The van der Waals surface area contributed by atoms with Gasteiger partial charge in [0.05, 0.1) is 11.0 Å². The fourth-order valence-corrected chi connectivity index (χ4v) is 4.22. The summed E-state index contributed by atoms with van der Waals surface area (Å²) in [5.41, 5.74) is 0.372. The van der Waals surface area contributed by atoms with Crippen molar-refractivity contribution in [1.29, 1.82) is 0 Å². The number of rotatable bonds is 6. The van der Waals surface area contributed by atoms with Gasteiger partial charge in [0.2, 0.25) is 0 Å². The number of carbonyl (C=O) groups is 1. The molecule has 1 aliphatic heterocycles. The molecule has 0 radical (unpaired) electrons. The summed E-state index contributed by atoms with van der Waals surface area (Å²) in [4.78, 5) is 27.8. The zero-order chi connectivity index (χ0) is 21.1. The van der Waals surface area contributed by atoms with Crippen molar-refractivity contribution in [2.45, 2.75) is 51.4 Å². The van der Waals surface area contributed by atoms with Gasteiger partial charge in [-0.3, -0.25) is 15.1 Å². The summed E-state index contributed by atoms with van der Waals surface area (Å²) >= 11 is 0. The van der Waals surface area contributed by atoms with Crippen LogP contribution in [0.4, 0.5) is 16.2 Å². The molecule has 2 N–H and O–H groups in total. The Kier molecular flexibility index (Phi) is 6.66. The van der Waals surface area contributed by atoms with Crippen LogP contribution in [0, 0.1) is 16.0 Å². The Morgan fingerprint density at radius 3 is 2.71 bits per heavy atom. The number of pyridine rings is 1. The van der Waals surface area contributed by atoms with E-state index in [1.807, 2.05) is 4.90 Å². The highest BCUT2D eigenvalue weighted by Crippen LogP contribution is 2.37. The lowest BCUT2D eigenvalue weighted by molar-refractivity contribution is -0.384. The topological polar surface area (TPSA) is 118 Å². The highest BCUT2D eigenvalue weighted by atomic mass is 28.4. The van der Waals surface area contributed by atoms with E-state index in [0.29, 0.717) is 31.8 Å². The molecule has 0 aliphatic carbocycles. The van der Waals surface area contributed by atoms with Crippen molar-refractivity contribution < 1.29 is 19.3 Å². The van der Waals surface area contributed by atoms with Crippen LogP contribution in [0.3, 0.4) is 0 Å². The lowest BCUT2D eigenvalue weighted by atomic mass is 9.94. The van der Waals surface area contributed by atoms with Crippen molar-refractivity contribution in [2.75, 3.05) is 24.6 Å². The average Bonchev–Trinajstić information content (AvgIpc) is 2.58. The molecule has 0 saturated carbocycles. The first-order valence-corrected chi connectivity index (χ1v) is 12.3. The molecule has 1 fully saturated rings. The van der Waals surface area contributed by atoms with Crippen LogP contribution in [0.1, 0.15) is 27.2 Å². The first kappa shape index (κ1) is 22.1. The molecule has 1 amide bonds. The molecule has 9 nitrogen and oxygen atoms in total. The van der Waals surface area contributed by atoms with E-state index in [2.05, 4.69) is 44.2 Å². The maximum absolute atomic E-state index is 11.4. The molecule has 2 atom stereocenters. The van der Waals surface area contributed by atoms with E-state index < -0.39 is 19.3 Å². The summed E-state index contributed by atoms with van der Waals surface area (Å²) in [7, 11) is -1.95. The van der Waals surface area contributed by atoms with Crippen LogP contribution in [-0.2, 0) is 4.43 Å². The number of anilines is 1. The highest BCUT2D eigenvalue weighted by Gasteiger charge is 2.39. The normalized spacial score (nSPS) is 20.7. The van der Waals surface area contributed by atoms with Crippen LogP contribution in [0.5, 0.6) is 0 Å². The fraction of sp³-hybridized carbons (Fsp3) is 0.667. The second-order valence-corrected chi connectivity index (χ2v) is 13.7. The standard InChI is InChI=1S/C18H30N4O5Si/c1-18(2,3)28(4,5)27-12-13-8-14(20-17(23)24)11-21(10-13)15-6-7-19-9-16(15)22(25)26/h6-7,9,13-14,20H,8,10-12H2,1-5H3,(H,23,24). The van der Waals surface area contributed by atoms with Crippen molar-refractivity contribution in [2.24, 2.45) is 5.92 Å². The molecule has 28 heavy (non-hydrogen) atoms. The molecule has 0 bridgehead atoms. The third kappa shape index (κ3) is 5.41. The molecule has 1 aromatic heterocycles. The number of nitrogens with zero attached hydrogens (tertiary/aromatic N) is 3. The van der Waals surface area contributed by atoms with Crippen molar-refractivity contribution in [1.82, 2.24) is 10.3 Å². The number of nitro groups is 1. The number of nitrogens with one attached hydrogen (secondary N) is 1. The first-order valence-electron chi connectivity index (χ1n) is 9.37. The van der Waals surface area contributed by atoms with Crippen LogP contribution in [0.2, 0.25) is 18.1 Å². The Bertz CT molecular complexity index is 722. The highest BCUT2D eigenvalue weighted by molar-refractivity contribution is 6.74. The van der Waals surface area contributed by atoms with E-state index in [4.69, 9.17) is 9.53 Å². The number of hydrogen-bond acceptors (Lipinski definition) is 6. The van der Waals surface area contributed by atoms with Crippen LogP contribution >= 0.6 is 0 Å². The van der Waals surface area contributed by atoms with Gasteiger partial charge in [0.1, 0.15) is 11.9 Å². The van der Waals surface area contributed by atoms with Gasteiger partial charge in [-0.2, -0.15) is 0 Å². The molecule has 1 saturated heterocycles. The van der Waals surface area contributed by atoms with Crippen molar-refractivity contribution >= 4 is 25.8 Å². The fourth-order valence-electron chi connectivity index (χ4n) is 3.13. The molecule has 0 spiro atoms. The predicted octanol–water partition coefficient (Wildman–Crippen LogP) is 3.47. The van der Waals surface area contributed by atoms with E-state index >= 15 is 0 Å². The monoisotopic (exact) mass is 410 g/mol. The maximum atomic E-state index is 11.4. The first-order chi connectivity index (χ1) is 12.9. The summed E-state index contributed by atoms with van der Waals surface area (Å²) in [5.74, 6) is 0.0625.